The molecule has 3 aromatic carbocycles. The van der Waals surface area contributed by atoms with E-state index in [-0.39, 0.29) is 11.5 Å². The summed E-state index contributed by atoms with van der Waals surface area (Å²) in [5.41, 5.74) is 6.54. The highest BCUT2D eigenvalue weighted by Crippen LogP contribution is 2.37. The number of hydrogen-bond acceptors (Lipinski definition) is 4. The molecular formula is C28H28N4O3S. The molecule has 3 N–H and O–H groups in total. The number of anilines is 1. The Morgan fingerprint density at radius 3 is 2.39 bits per heavy atom. The molecule has 0 aliphatic carbocycles. The second kappa shape index (κ2) is 10.2. The molecule has 0 radical (unpaired) electrons. The number of hydrogen-bond donors (Lipinski definition) is 3. The first-order valence-corrected chi connectivity index (χ1v) is 11.9. The van der Waals surface area contributed by atoms with E-state index in [1.165, 1.54) is 0 Å². The summed E-state index contributed by atoms with van der Waals surface area (Å²) >= 11 is 5.28. The topological polar surface area (TPSA) is 93.1 Å². The molecule has 4 aromatic rings. The van der Waals surface area contributed by atoms with Gasteiger partial charge in [0.25, 0.3) is 11.7 Å². The first-order chi connectivity index (χ1) is 17.2. The van der Waals surface area contributed by atoms with Crippen molar-refractivity contribution >= 4 is 28.8 Å². The van der Waals surface area contributed by atoms with E-state index in [0.717, 1.165) is 27.8 Å². The fraction of sp³-hybridized carbons (Fsp3) is 0.179. The van der Waals surface area contributed by atoms with Crippen molar-refractivity contribution in [1.82, 2.24) is 10.3 Å². The molecule has 36 heavy (non-hydrogen) atoms. The molecule has 0 unspecified atom stereocenters. The van der Waals surface area contributed by atoms with Crippen molar-refractivity contribution in [3.05, 3.63) is 93.9 Å². The quantitative estimate of drug-likeness (QED) is 0.195. The van der Waals surface area contributed by atoms with Crippen molar-refractivity contribution in [2.75, 3.05) is 19.5 Å². The standard InChI is InChI=1S/C28H28N4O3S/c1-16-8-6-9-17(2)24(16)22-15-19(12-13-23(22)35-5)26-30-18(3)25(32(26)34)27(33)31-21-11-7-10-20(14-21)28(36)29-4/h6-15,30H,1-5H3,(H,29,36)(H,31,33). The van der Waals surface area contributed by atoms with Gasteiger partial charge >= 0.3 is 0 Å². The Labute approximate surface area is 215 Å². The van der Waals surface area contributed by atoms with Gasteiger partial charge in [-0.15, -0.1) is 0 Å². The van der Waals surface area contributed by atoms with Gasteiger partial charge in [0.05, 0.1) is 12.7 Å². The summed E-state index contributed by atoms with van der Waals surface area (Å²) in [5.74, 6) is 0.466. The number of imidazole rings is 1. The fourth-order valence-electron chi connectivity index (χ4n) is 4.37. The second-order valence-electron chi connectivity index (χ2n) is 8.54. The van der Waals surface area contributed by atoms with Crippen molar-refractivity contribution in [3.63, 3.8) is 0 Å². The molecule has 8 heteroatoms. The number of thiocarbonyl (C=S) groups is 1. The number of methoxy groups -OCH3 is 1. The van der Waals surface area contributed by atoms with Crippen LogP contribution < -0.4 is 20.1 Å². The van der Waals surface area contributed by atoms with E-state index in [1.54, 1.807) is 45.3 Å². The van der Waals surface area contributed by atoms with Gasteiger partial charge in [0.1, 0.15) is 10.7 Å². The highest BCUT2D eigenvalue weighted by Gasteiger charge is 2.26. The van der Waals surface area contributed by atoms with Crippen LogP contribution in [0.4, 0.5) is 5.69 Å². The monoisotopic (exact) mass is 500 g/mol. The zero-order valence-corrected chi connectivity index (χ0v) is 21.7. The zero-order chi connectivity index (χ0) is 26.0. The van der Waals surface area contributed by atoms with Gasteiger partial charge in [0.15, 0.2) is 5.69 Å². The Hall–Kier alpha value is -4.17. The average Bonchev–Trinajstić information content (AvgIpc) is 3.17. The smallest absolute Gasteiger partial charge is 0.300 e. The summed E-state index contributed by atoms with van der Waals surface area (Å²) in [6.45, 7) is 5.79. The molecule has 0 spiro atoms. The normalized spacial score (nSPS) is 10.7. The summed E-state index contributed by atoms with van der Waals surface area (Å²) < 4.78 is 6.27. The molecule has 0 saturated carbocycles. The maximum atomic E-state index is 13.3. The number of aromatic amines is 1. The third-order valence-corrected chi connectivity index (χ3v) is 6.56. The lowest BCUT2D eigenvalue weighted by molar-refractivity contribution is -0.594. The molecule has 1 aromatic heterocycles. The lowest BCUT2D eigenvalue weighted by Crippen LogP contribution is -2.36. The van der Waals surface area contributed by atoms with Crippen LogP contribution in [0.5, 0.6) is 5.75 Å². The zero-order valence-electron chi connectivity index (χ0n) is 20.9. The van der Waals surface area contributed by atoms with Crippen molar-refractivity contribution in [3.8, 4) is 28.3 Å². The second-order valence-corrected chi connectivity index (χ2v) is 8.95. The third-order valence-electron chi connectivity index (χ3n) is 6.12. The summed E-state index contributed by atoms with van der Waals surface area (Å²) in [6.07, 6.45) is 0. The summed E-state index contributed by atoms with van der Waals surface area (Å²) in [6, 6.07) is 18.8. The van der Waals surface area contributed by atoms with E-state index in [0.29, 0.717) is 32.4 Å². The molecule has 0 atom stereocenters. The SMILES string of the molecule is CNC(=S)c1cccc(NC(=O)c2c(C)[nH]c(-c3ccc(OC)c(-c4c(C)cccc4C)c3)[n+]2[O-])c1. The van der Waals surface area contributed by atoms with Gasteiger partial charge < -0.3 is 20.6 Å². The number of rotatable bonds is 6. The fourth-order valence-corrected chi connectivity index (χ4v) is 4.49. The first-order valence-electron chi connectivity index (χ1n) is 11.5. The van der Waals surface area contributed by atoms with Crippen LogP contribution in [-0.2, 0) is 0 Å². The van der Waals surface area contributed by atoms with Gasteiger partial charge in [-0.1, -0.05) is 42.5 Å². The number of carbonyl (C=O) groups is 1. The minimum atomic E-state index is -0.513. The van der Waals surface area contributed by atoms with Crippen LogP contribution in [0.3, 0.4) is 0 Å². The van der Waals surface area contributed by atoms with Crippen LogP contribution in [0.25, 0.3) is 22.5 Å². The van der Waals surface area contributed by atoms with Gasteiger partial charge in [-0.2, -0.15) is 0 Å². The molecule has 0 saturated heterocycles. The maximum absolute atomic E-state index is 13.3. The number of aromatic nitrogens is 2. The molecule has 1 heterocycles. The van der Waals surface area contributed by atoms with Crippen molar-refractivity contribution < 1.29 is 14.3 Å². The number of H-pyrrole nitrogens is 1. The molecule has 0 fully saturated rings. The van der Waals surface area contributed by atoms with E-state index in [4.69, 9.17) is 17.0 Å². The highest BCUT2D eigenvalue weighted by atomic mass is 32.1. The predicted molar refractivity (Wildman–Crippen MR) is 147 cm³/mol. The van der Waals surface area contributed by atoms with E-state index in [9.17, 15) is 10.0 Å². The molecule has 0 aliphatic rings. The van der Waals surface area contributed by atoms with E-state index in [2.05, 4.69) is 15.6 Å². The van der Waals surface area contributed by atoms with Gasteiger partial charge in [0, 0.05) is 30.8 Å². The van der Waals surface area contributed by atoms with Crippen LogP contribution in [0.1, 0.15) is 32.9 Å². The maximum Gasteiger partial charge on any atom is 0.300 e. The lowest BCUT2D eigenvalue weighted by Gasteiger charge is -2.15. The molecule has 0 bridgehead atoms. The summed E-state index contributed by atoms with van der Waals surface area (Å²) in [5, 5.41) is 19.1. The van der Waals surface area contributed by atoms with Crippen molar-refractivity contribution in [1.29, 1.82) is 0 Å². The van der Waals surface area contributed by atoms with E-state index >= 15 is 0 Å². The van der Waals surface area contributed by atoms with Gasteiger partial charge in [-0.25, -0.2) is 9.71 Å². The Balaban J connectivity index is 1.73. The number of amides is 1. The number of nitrogens with one attached hydrogen (secondary N) is 3. The van der Waals surface area contributed by atoms with E-state index in [1.807, 2.05) is 50.2 Å². The van der Waals surface area contributed by atoms with Gasteiger partial charge in [-0.3, -0.25) is 4.79 Å². The van der Waals surface area contributed by atoms with Crippen LogP contribution in [0, 0.1) is 26.0 Å². The Bertz CT molecular complexity index is 1460. The molecule has 4 rings (SSSR count). The number of ether oxygens (including phenoxy) is 1. The Morgan fingerprint density at radius 2 is 1.72 bits per heavy atom. The molecule has 7 nitrogen and oxygen atoms in total. The van der Waals surface area contributed by atoms with Crippen molar-refractivity contribution in [2.45, 2.75) is 20.8 Å². The number of carbonyl (C=O) groups excluding carboxylic acids is 1. The largest absolute Gasteiger partial charge is 0.710 e. The minimum Gasteiger partial charge on any atom is -0.710 e. The summed E-state index contributed by atoms with van der Waals surface area (Å²) in [7, 11) is 3.36. The van der Waals surface area contributed by atoms with Crippen LogP contribution in [0.2, 0.25) is 0 Å². The van der Waals surface area contributed by atoms with Crippen molar-refractivity contribution in [2.24, 2.45) is 0 Å². The molecule has 0 aliphatic heterocycles. The highest BCUT2D eigenvalue weighted by molar-refractivity contribution is 7.80. The molecule has 1 amide bonds. The third kappa shape index (κ3) is 4.67. The van der Waals surface area contributed by atoms with Gasteiger partial charge in [0.2, 0.25) is 5.69 Å². The molecular weight excluding hydrogens is 472 g/mol. The summed E-state index contributed by atoms with van der Waals surface area (Å²) in [4.78, 5) is 16.8. The van der Waals surface area contributed by atoms with Crippen LogP contribution in [-0.4, -0.2) is 30.0 Å². The number of aryl methyl sites for hydroxylation is 3. The van der Waals surface area contributed by atoms with Gasteiger partial charge in [-0.05, 0) is 60.9 Å². The minimum absolute atomic E-state index is 0.00367. The van der Waals surface area contributed by atoms with Crippen LogP contribution in [0.15, 0.2) is 60.7 Å². The number of nitrogens with zero attached hydrogens (tertiary/aromatic N) is 1. The average molecular weight is 501 g/mol. The Kier molecular flexibility index (Phi) is 7.07. The van der Waals surface area contributed by atoms with E-state index < -0.39 is 5.91 Å². The molecule has 184 valence electrons. The predicted octanol–water partition coefficient (Wildman–Crippen LogP) is 5.06. The Morgan fingerprint density at radius 1 is 1.03 bits per heavy atom. The number of benzene rings is 3. The van der Waals surface area contributed by atoms with Crippen LogP contribution >= 0.6 is 12.2 Å². The first kappa shape index (κ1) is 24.9. The lowest BCUT2D eigenvalue weighted by atomic mass is 9.93.